The molecule has 3 N–H and O–H groups in total. The second-order valence-electron chi connectivity index (χ2n) is 7.48. The monoisotopic (exact) mass is 414 g/mol. The molecule has 1 aliphatic carbocycles. The van der Waals surface area contributed by atoms with E-state index in [-0.39, 0.29) is 5.92 Å². The van der Waals surface area contributed by atoms with E-state index in [1.54, 1.807) is 13.2 Å². The molecule has 0 spiro atoms. The Morgan fingerprint density at radius 2 is 1.71 bits per heavy atom. The Kier molecular flexibility index (Phi) is 6.22. The highest BCUT2D eigenvalue weighted by atomic mass is 16.5. The van der Waals surface area contributed by atoms with Crippen LogP contribution >= 0.6 is 0 Å². The number of amides is 1. The molecule has 4 rings (SSSR count). The van der Waals surface area contributed by atoms with Gasteiger partial charge in [-0.25, -0.2) is 4.79 Å². The molecule has 0 atom stereocenters. The third kappa shape index (κ3) is 4.72. The number of nitrogen functional groups attached to an aromatic ring is 1. The second kappa shape index (κ2) is 9.39. The minimum atomic E-state index is -0.402. The zero-order valence-electron chi connectivity index (χ0n) is 17.5. The first-order valence-electron chi connectivity index (χ1n) is 10.4. The van der Waals surface area contributed by atoms with Crippen molar-refractivity contribution in [1.82, 2.24) is 5.32 Å². The summed E-state index contributed by atoms with van der Waals surface area (Å²) >= 11 is 0. The van der Waals surface area contributed by atoms with Gasteiger partial charge in [-0.2, -0.15) is 0 Å². The molecule has 0 aromatic heterocycles. The molecule has 3 aromatic carbocycles. The van der Waals surface area contributed by atoms with E-state index in [9.17, 15) is 4.79 Å². The van der Waals surface area contributed by atoms with Crippen molar-refractivity contribution in [1.29, 1.82) is 0 Å². The predicted molar refractivity (Wildman–Crippen MR) is 124 cm³/mol. The number of anilines is 1. The minimum absolute atomic E-state index is 0.0663. The third-order valence-electron chi connectivity index (χ3n) is 5.42. The molecule has 0 saturated heterocycles. The minimum Gasteiger partial charge on any atom is -0.497 e. The fourth-order valence-corrected chi connectivity index (χ4v) is 3.99. The van der Waals surface area contributed by atoms with Gasteiger partial charge in [-0.3, -0.25) is 0 Å². The zero-order chi connectivity index (χ0) is 21.6. The average molecular weight is 415 g/mol. The van der Waals surface area contributed by atoms with E-state index in [1.165, 1.54) is 22.3 Å². The van der Waals surface area contributed by atoms with Gasteiger partial charge in [0, 0.05) is 24.2 Å². The highest BCUT2D eigenvalue weighted by Crippen LogP contribution is 2.44. The van der Waals surface area contributed by atoms with Gasteiger partial charge in [0.05, 0.1) is 7.11 Å². The van der Waals surface area contributed by atoms with E-state index >= 15 is 0 Å². The lowest BCUT2D eigenvalue weighted by atomic mass is 9.98. The van der Waals surface area contributed by atoms with Gasteiger partial charge in [-0.15, -0.1) is 0 Å². The van der Waals surface area contributed by atoms with Gasteiger partial charge in [-0.05, 0) is 46.4 Å². The van der Waals surface area contributed by atoms with E-state index in [0.29, 0.717) is 25.3 Å². The lowest BCUT2D eigenvalue weighted by Gasteiger charge is -2.14. The summed E-state index contributed by atoms with van der Waals surface area (Å²) in [7, 11) is 1.61. The molecule has 1 aliphatic rings. The molecule has 158 valence electrons. The fraction of sp³-hybridized carbons (Fsp3) is 0.192. The van der Waals surface area contributed by atoms with Gasteiger partial charge in [0.2, 0.25) is 0 Å². The highest BCUT2D eigenvalue weighted by Gasteiger charge is 2.28. The Balaban J connectivity index is 1.27. The Labute approximate surface area is 182 Å². The van der Waals surface area contributed by atoms with Crippen LogP contribution in [0.5, 0.6) is 5.75 Å². The van der Waals surface area contributed by atoms with Crippen LogP contribution in [-0.4, -0.2) is 26.4 Å². The molecule has 3 aromatic rings. The van der Waals surface area contributed by atoms with Gasteiger partial charge in [0.1, 0.15) is 12.4 Å². The number of benzene rings is 3. The summed E-state index contributed by atoms with van der Waals surface area (Å²) in [5.41, 5.74) is 12.3. The largest absolute Gasteiger partial charge is 0.497 e. The van der Waals surface area contributed by atoms with Crippen molar-refractivity contribution < 1.29 is 14.3 Å². The quantitative estimate of drug-likeness (QED) is 0.411. The summed E-state index contributed by atoms with van der Waals surface area (Å²) < 4.78 is 10.8. The molecule has 5 heteroatoms. The van der Waals surface area contributed by atoms with Gasteiger partial charge in [0.25, 0.3) is 0 Å². The number of rotatable bonds is 7. The van der Waals surface area contributed by atoms with Gasteiger partial charge in [-0.1, -0.05) is 60.7 Å². The fourth-order valence-electron chi connectivity index (χ4n) is 3.99. The van der Waals surface area contributed by atoms with Crippen LogP contribution in [0.15, 0.2) is 72.8 Å². The number of alkyl carbamates (subject to hydrolysis) is 1. The van der Waals surface area contributed by atoms with E-state index < -0.39 is 6.09 Å². The van der Waals surface area contributed by atoms with Gasteiger partial charge < -0.3 is 20.5 Å². The lowest BCUT2D eigenvalue weighted by Crippen LogP contribution is -2.26. The van der Waals surface area contributed by atoms with E-state index in [4.69, 9.17) is 15.2 Å². The number of fused-ring (bicyclic) bond motifs is 3. The maximum absolute atomic E-state index is 12.2. The molecule has 1 amide bonds. The number of ether oxygens (including phenoxy) is 2. The van der Waals surface area contributed by atoms with Crippen molar-refractivity contribution in [3.63, 3.8) is 0 Å². The smallest absolute Gasteiger partial charge is 0.407 e. The Bertz CT molecular complexity index is 1060. The molecule has 31 heavy (non-hydrogen) atoms. The molecular formula is C26H26N2O3. The Hall–Kier alpha value is -3.73. The third-order valence-corrected chi connectivity index (χ3v) is 5.42. The number of nitrogens with two attached hydrogens (primary N) is 1. The van der Waals surface area contributed by atoms with Gasteiger partial charge in [0.15, 0.2) is 0 Å². The topological polar surface area (TPSA) is 73.6 Å². The molecular weight excluding hydrogens is 388 g/mol. The number of methoxy groups -OCH3 is 1. The summed E-state index contributed by atoms with van der Waals surface area (Å²) in [5.74, 6) is 0.785. The normalized spacial score (nSPS) is 12.4. The van der Waals surface area contributed by atoms with Crippen LogP contribution in [0.1, 0.15) is 29.0 Å². The van der Waals surface area contributed by atoms with E-state index in [0.717, 1.165) is 11.3 Å². The predicted octanol–water partition coefficient (Wildman–Crippen LogP) is 5.22. The molecule has 0 bridgehead atoms. The van der Waals surface area contributed by atoms with Crippen molar-refractivity contribution in [2.24, 2.45) is 0 Å². The first-order chi connectivity index (χ1) is 15.2. The molecule has 0 heterocycles. The molecule has 0 fully saturated rings. The number of nitrogens with one attached hydrogen (secondary N) is 1. The lowest BCUT2D eigenvalue weighted by molar-refractivity contribution is 0.143. The van der Waals surface area contributed by atoms with Crippen molar-refractivity contribution >= 4 is 17.9 Å². The van der Waals surface area contributed by atoms with Crippen LogP contribution in [0.4, 0.5) is 10.5 Å². The van der Waals surface area contributed by atoms with Crippen LogP contribution in [0.2, 0.25) is 0 Å². The maximum atomic E-state index is 12.2. The summed E-state index contributed by atoms with van der Waals surface area (Å²) in [6.07, 6.45) is 4.22. The molecule has 0 radical (unpaired) electrons. The number of carbonyl (C=O) groups excluding carboxylic acids is 1. The van der Waals surface area contributed by atoms with Crippen molar-refractivity contribution in [3.05, 3.63) is 89.5 Å². The van der Waals surface area contributed by atoms with Crippen LogP contribution in [0, 0.1) is 0 Å². The molecule has 0 unspecified atom stereocenters. The Morgan fingerprint density at radius 1 is 1.03 bits per heavy atom. The van der Waals surface area contributed by atoms with Crippen LogP contribution < -0.4 is 15.8 Å². The summed E-state index contributed by atoms with van der Waals surface area (Å²) in [6.45, 7) is 0.811. The molecule has 0 aliphatic heterocycles. The SMILES string of the molecule is COc1cc(N)cc(C=CCCNC(=O)OCC2c3ccccc3-c3ccccc32)c1. The number of hydrogen-bond acceptors (Lipinski definition) is 4. The highest BCUT2D eigenvalue weighted by molar-refractivity contribution is 5.79. The van der Waals surface area contributed by atoms with Crippen LogP contribution in [0.3, 0.4) is 0 Å². The Morgan fingerprint density at radius 3 is 2.39 bits per heavy atom. The van der Waals surface area contributed by atoms with Crippen LogP contribution in [0.25, 0.3) is 17.2 Å². The van der Waals surface area contributed by atoms with E-state index in [1.807, 2.05) is 48.6 Å². The summed E-state index contributed by atoms with van der Waals surface area (Å²) in [4.78, 5) is 12.2. The summed E-state index contributed by atoms with van der Waals surface area (Å²) in [5, 5.41) is 2.81. The standard InChI is InChI=1S/C26H26N2O3/c1-30-20-15-18(14-19(27)16-20)8-6-7-13-28-26(29)31-17-25-23-11-4-2-9-21(23)22-10-3-5-12-24(22)25/h2-6,8-12,14-16,25H,7,13,17,27H2,1H3,(H,28,29). The second-order valence-corrected chi connectivity index (χ2v) is 7.48. The van der Waals surface area contributed by atoms with Crippen molar-refractivity contribution in [3.8, 4) is 16.9 Å². The van der Waals surface area contributed by atoms with Crippen molar-refractivity contribution in [2.75, 3.05) is 26.0 Å². The molecule has 0 saturated carbocycles. The zero-order valence-corrected chi connectivity index (χ0v) is 17.5. The number of hydrogen-bond donors (Lipinski definition) is 2. The maximum Gasteiger partial charge on any atom is 0.407 e. The van der Waals surface area contributed by atoms with Crippen LogP contribution in [-0.2, 0) is 4.74 Å². The molecule has 5 nitrogen and oxygen atoms in total. The van der Waals surface area contributed by atoms with Gasteiger partial charge >= 0.3 is 6.09 Å². The van der Waals surface area contributed by atoms with Crippen molar-refractivity contribution in [2.45, 2.75) is 12.3 Å². The number of carbonyl (C=O) groups is 1. The summed E-state index contributed by atoms with van der Waals surface area (Å²) in [6, 6.07) is 22.2. The van der Waals surface area contributed by atoms with E-state index in [2.05, 4.69) is 29.6 Å². The average Bonchev–Trinajstić information content (AvgIpc) is 3.11. The first kappa shape index (κ1) is 20.5. The first-order valence-corrected chi connectivity index (χ1v) is 10.4.